The zero-order chi connectivity index (χ0) is 17.7. The van der Waals surface area contributed by atoms with Crippen molar-refractivity contribution < 1.29 is 18.0 Å². The fourth-order valence-corrected chi connectivity index (χ4v) is 2.28. The molecular formula is C16H13Cl2F3N2O. The van der Waals surface area contributed by atoms with Crippen LogP contribution in [0.25, 0.3) is 0 Å². The zero-order valence-electron chi connectivity index (χ0n) is 12.3. The number of anilines is 2. The SMILES string of the molecule is O=C(CCNc1ccc(Cl)c(Cl)c1)Nc1ccccc1C(F)(F)F. The van der Waals surface area contributed by atoms with Crippen molar-refractivity contribution in [2.45, 2.75) is 12.6 Å². The van der Waals surface area contributed by atoms with Gasteiger partial charge >= 0.3 is 6.18 Å². The summed E-state index contributed by atoms with van der Waals surface area (Å²) in [5.41, 5.74) is -0.478. The first kappa shape index (κ1) is 18.4. The molecule has 0 aliphatic carbocycles. The number of amides is 1. The van der Waals surface area contributed by atoms with Crippen molar-refractivity contribution in [3.63, 3.8) is 0 Å². The summed E-state index contributed by atoms with van der Waals surface area (Å²) >= 11 is 11.7. The minimum absolute atomic E-state index is 0.00750. The molecule has 0 unspecified atom stereocenters. The lowest BCUT2D eigenvalue weighted by Gasteiger charge is -2.13. The van der Waals surface area contributed by atoms with Gasteiger partial charge in [0.1, 0.15) is 0 Å². The van der Waals surface area contributed by atoms with E-state index in [1.807, 2.05) is 0 Å². The molecule has 2 aromatic carbocycles. The molecule has 0 aromatic heterocycles. The Bertz CT molecular complexity index is 736. The maximum atomic E-state index is 12.9. The van der Waals surface area contributed by atoms with E-state index < -0.39 is 17.6 Å². The average Bonchev–Trinajstić information content (AvgIpc) is 2.50. The van der Waals surface area contributed by atoms with Gasteiger partial charge in [0.2, 0.25) is 5.91 Å². The van der Waals surface area contributed by atoms with Crippen LogP contribution in [0.5, 0.6) is 0 Å². The third-order valence-corrected chi connectivity index (χ3v) is 3.85. The summed E-state index contributed by atoms with van der Waals surface area (Å²) in [7, 11) is 0. The highest BCUT2D eigenvalue weighted by molar-refractivity contribution is 6.42. The number of halogens is 5. The van der Waals surface area contributed by atoms with Gasteiger partial charge in [0, 0.05) is 18.7 Å². The topological polar surface area (TPSA) is 41.1 Å². The molecule has 2 N–H and O–H groups in total. The van der Waals surface area contributed by atoms with Gasteiger partial charge in [-0.1, -0.05) is 35.3 Å². The fraction of sp³-hybridized carbons (Fsp3) is 0.188. The fourth-order valence-electron chi connectivity index (χ4n) is 1.98. The summed E-state index contributed by atoms with van der Waals surface area (Å²) in [5, 5.41) is 6.00. The smallest absolute Gasteiger partial charge is 0.384 e. The van der Waals surface area contributed by atoms with Gasteiger partial charge < -0.3 is 10.6 Å². The number of nitrogens with one attached hydrogen (secondary N) is 2. The molecule has 3 nitrogen and oxygen atoms in total. The molecule has 0 atom stereocenters. The number of rotatable bonds is 5. The van der Waals surface area contributed by atoms with E-state index in [0.717, 1.165) is 6.07 Å². The Morgan fingerprint density at radius 1 is 1.04 bits per heavy atom. The third kappa shape index (κ3) is 5.04. The molecule has 0 saturated carbocycles. The second-order valence-corrected chi connectivity index (χ2v) is 5.71. The van der Waals surface area contributed by atoms with Crippen molar-refractivity contribution in [1.82, 2.24) is 0 Å². The molecule has 0 fully saturated rings. The van der Waals surface area contributed by atoms with Crippen molar-refractivity contribution in [2.75, 3.05) is 17.2 Å². The van der Waals surface area contributed by atoms with Gasteiger partial charge in [-0.05, 0) is 30.3 Å². The van der Waals surface area contributed by atoms with Crippen LogP contribution in [0.3, 0.4) is 0 Å². The number of carbonyl (C=O) groups excluding carboxylic acids is 1. The molecule has 0 radical (unpaired) electrons. The monoisotopic (exact) mass is 376 g/mol. The molecule has 0 aliphatic heterocycles. The van der Waals surface area contributed by atoms with E-state index in [1.54, 1.807) is 18.2 Å². The van der Waals surface area contributed by atoms with Crippen LogP contribution in [0, 0.1) is 0 Å². The van der Waals surface area contributed by atoms with E-state index >= 15 is 0 Å². The van der Waals surface area contributed by atoms with Crippen LogP contribution >= 0.6 is 23.2 Å². The van der Waals surface area contributed by atoms with Crippen molar-refractivity contribution in [3.05, 3.63) is 58.1 Å². The number of hydrogen-bond donors (Lipinski definition) is 2. The molecular weight excluding hydrogens is 364 g/mol. The van der Waals surface area contributed by atoms with E-state index in [0.29, 0.717) is 15.7 Å². The third-order valence-electron chi connectivity index (χ3n) is 3.11. The van der Waals surface area contributed by atoms with Crippen LogP contribution in [0.2, 0.25) is 10.0 Å². The number of alkyl halides is 3. The van der Waals surface area contributed by atoms with Crippen LogP contribution in [0.4, 0.5) is 24.5 Å². The van der Waals surface area contributed by atoms with Gasteiger partial charge in [0.15, 0.2) is 0 Å². The summed E-state index contributed by atoms with van der Waals surface area (Å²) in [4.78, 5) is 11.8. The molecule has 8 heteroatoms. The quantitative estimate of drug-likeness (QED) is 0.727. The number of benzene rings is 2. The van der Waals surface area contributed by atoms with Crippen LogP contribution in [0.15, 0.2) is 42.5 Å². The Morgan fingerprint density at radius 2 is 1.75 bits per heavy atom. The van der Waals surface area contributed by atoms with Gasteiger partial charge in [-0.3, -0.25) is 4.79 Å². The van der Waals surface area contributed by atoms with Crippen LogP contribution in [-0.2, 0) is 11.0 Å². The normalized spacial score (nSPS) is 11.2. The minimum atomic E-state index is -4.53. The minimum Gasteiger partial charge on any atom is -0.384 e. The molecule has 0 spiro atoms. The van der Waals surface area contributed by atoms with Gasteiger partial charge in [0.05, 0.1) is 21.3 Å². The molecule has 24 heavy (non-hydrogen) atoms. The Balaban J connectivity index is 1.91. The predicted octanol–water partition coefficient (Wildman–Crippen LogP) is 5.45. The lowest BCUT2D eigenvalue weighted by Crippen LogP contribution is -2.19. The summed E-state index contributed by atoms with van der Waals surface area (Å²) < 4.78 is 38.6. The molecule has 1 amide bonds. The van der Waals surface area contributed by atoms with Gasteiger partial charge in [-0.15, -0.1) is 0 Å². The molecule has 0 saturated heterocycles. The van der Waals surface area contributed by atoms with Crippen LogP contribution in [0.1, 0.15) is 12.0 Å². The maximum absolute atomic E-state index is 12.9. The van der Waals surface area contributed by atoms with E-state index in [9.17, 15) is 18.0 Å². The molecule has 0 aliphatic rings. The molecule has 0 heterocycles. The second kappa shape index (κ2) is 7.77. The highest BCUT2D eigenvalue weighted by Crippen LogP contribution is 2.34. The molecule has 2 aromatic rings. The zero-order valence-corrected chi connectivity index (χ0v) is 13.8. The van der Waals surface area contributed by atoms with E-state index in [1.165, 1.54) is 18.2 Å². The van der Waals surface area contributed by atoms with Crippen molar-refractivity contribution in [2.24, 2.45) is 0 Å². The first-order chi connectivity index (χ1) is 11.3. The van der Waals surface area contributed by atoms with Crippen LogP contribution < -0.4 is 10.6 Å². The number of carbonyl (C=O) groups is 1. The Hall–Kier alpha value is -1.92. The Labute approximate surface area is 146 Å². The first-order valence-electron chi connectivity index (χ1n) is 6.92. The van der Waals surface area contributed by atoms with Crippen molar-refractivity contribution >= 4 is 40.5 Å². The predicted molar refractivity (Wildman–Crippen MR) is 89.6 cm³/mol. The van der Waals surface area contributed by atoms with Crippen molar-refractivity contribution in [1.29, 1.82) is 0 Å². The second-order valence-electron chi connectivity index (χ2n) is 4.90. The molecule has 0 bridgehead atoms. The number of para-hydroxylation sites is 1. The Morgan fingerprint density at radius 3 is 2.42 bits per heavy atom. The summed E-state index contributed by atoms with van der Waals surface area (Å²) in [5.74, 6) is -0.528. The lowest BCUT2D eigenvalue weighted by molar-refractivity contribution is -0.137. The maximum Gasteiger partial charge on any atom is 0.418 e. The lowest BCUT2D eigenvalue weighted by atomic mass is 10.1. The standard InChI is InChI=1S/C16H13Cl2F3N2O/c17-12-6-5-10(9-13(12)18)22-8-7-15(24)23-14-4-2-1-3-11(14)16(19,20)21/h1-6,9,22H,7-8H2,(H,23,24). The Kier molecular flexibility index (Phi) is 5.96. The summed E-state index contributed by atoms with van der Waals surface area (Å²) in [6.45, 7) is 0.234. The van der Waals surface area contributed by atoms with E-state index in [-0.39, 0.29) is 18.7 Å². The van der Waals surface area contributed by atoms with Gasteiger partial charge in [-0.25, -0.2) is 0 Å². The first-order valence-corrected chi connectivity index (χ1v) is 7.68. The highest BCUT2D eigenvalue weighted by atomic mass is 35.5. The van der Waals surface area contributed by atoms with E-state index in [4.69, 9.17) is 23.2 Å². The van der Waals surface area contributed by atoms with Gasteiger partial charge in [-0.2, -0.15) is 13.2 Å². The number of hydrogen-bond acceptors (Lipinski definition) is 2. The summed E-state index contributed by atoms with van der Waals surface area (Å²) in [6, 6.07) is 9.72. The highest BCUT2D eigenvalue weighted by Gasteiger charge is 2.33. The summed E-state index contributed by atoms with van der Waals surface area (Å²) in [6.07, 6.45) is -4.53. The van der Waals surface area contributed by atoms with Gasteiger partial charge in [0.25, 0.3) is 0 Å². The molecule has 128 valence electrons. The molecule has 2 rings (SSSR count). The van der Waals surface area contributed by atoms with Crippen LogP contribution in [-0.4, -0.2) is 12.5 Å². The van der Waals surface area contributed by atoms with E-state index in [2.05, 4.69) is 10.6 Å². The van der Waals surface area contributed by atoms with Crippen molar-refractivity contribution in [3.8, 4) is 0 Å². The average molecular weight is 377 g/mol. The largest absolute Gasteiger partial charge is 0.418 e.